The van der Waals surface area contributed by atoms with Gasteiger partial charge in [-0.05, 0) is 93.0 Å². The summed E-state index contributed by atoms with van der Waals surface area (Å²) >= 11 is 10.6. The summed E-state index contributed by atoms with van der Waals surface area (Å²) in [6, 6.07) is 10.6. The normalized spacial score (nSPS) is 15.7. The summed E-state index contributed by atoms with van der Waals surface area (Å²) in [6.45, 7) is 4.95. The van der Waals surface area contributed by atoms with Crippen molar-refractivity contribution in [2.24, 2.45) is 14.1 Å². The molecule has 240 valence electrons. The lowest BCUT2D eigenvalue weighted by atomic mass is 9.91. The van der Waals surface area contributed by atoms with E-state index in [0.717, 1.165) is 69.2 Å². The van der Waals surface area contributed by atoms with Crippen LogP contribution in [0.25, 0.3) is 22.0 Å². The van der Waals surface area contributed by atoms with Crippen molar-refractivity contribution in [3.8, 4) is 16.9 Å². The number of thioether (sulfide) groups is 2. The van der Waals surface area contributed by atoms with Crippen LogP contribution in [-0.2, 0) is 50.7 Å². The molecule has 0 fully saturated rings. The van der Waals surface area contributed by atoms with Crippen molar-refractivity contribution in [2.75, 3.05) is 6.61 Å². The van der Waals surface area contributed by atoms with Gasteiger partial charge in [0.05, 0.1) is 18.0 Å². The van der Waals surface area contributed by atoms with Gasteiger partial charge in [-0.1, -0.05) is 11.6 Å². The van der Waals surface area contributed by atoms with Gasteiger partial charge in [-0.3, -0.25) is 9.36 Å². The number of ether oxygens (including phenoxy) is 1. The number of hydrogen-bond acceptors (Lipinski definition) is 6. The number of nitrogens with zero attached hydrogens (tertiary/aromatic N) is 5. The minimum atomic E-state index is -0.946. The summed E-state index contributed by atoms with van der Waals surface area (Å²) in [5, 5.41) is 21.6. The quantitative estimate of drug-likeness (QED) is 0.192. The van der Waals surface area contributed by atoms with Gasteiger partial charge in [-0.25, -0.2) is 4.79 Å². The number of carboxylic acids is 1. The average molecular weight is 676 g/mol. The number of fused-ring (bicyclic) bond motifs is 8. The van der Waals surface area contributed by atoms with Gasteiger partial charge in [0.25, 0.3) is 0 Å². The van der Waals surface area contributed by atoms with Crippen molar-refractivity contribution < 1.29 is 14.6 Å². The molecule has 0 unspecified atom stereocenters. The first-order valence-corrected chi connectivity index (χ1v) is 18.3. The van der Waals surface area contributed by atoms with Gasteiger partial charge in [0.1, 0.15) is 11.4 Å². The predicted molar refractivity (Wildman–Crippen MR) is 187 cm³/mol. The van der Waals surface area contributed by atoms with Gasteiger partial charge in [0.15, 0.2) is 0 Å². The molecule has 1 aliphatic carbocycles. The highest BCUT2D eigenvalue weighted by atomic mass is 35.5. The third-order valence-corrected chi connectivity index (χ3v) is 11.7. The van der Waals surface area contributed by atoms with Gasteiger partial charge in [0.2, 0.25) is 0 Å². The number of aryl methyl sites for hydroxylation is 5. The number of rotatable bonds is 1. The van der Waals surface area contributed by atoms with E-state index in [1.54, 1.807) is 11.8 Å². The van der Waals surface area contributed by atoms with Gasteiger partial charge in [0, 0.05) is 81.2 Å². The molecule has 0 atom stereocenters. The lowest BCUT2D eigenvalue weighted by Gasteiger charge is -2.21. The van der Waals surface area contributed by atoms with Crippen molar-refractivity contribution in [3.05, 3.63) is 80.5 Å². The zero-order valence-electron chi connectivity index (χ0n) is 26.7. The SMILES string of the molecule is Cc1c(C(=O)O)n2c3ccc(Cl)c(c13)-c1c(nn(C)c1C)CSCc1cc(n(C)n1)CSc1cc3c(c(c1)OCCC2)CCCC3. The molecule has 0 radical (unpaired) electrons. The second-order valence-electron chi connectivity index (χ2n) is 12.3. The van der Waals surface area contributed by atoms with Gasteiger partial charge >= 0.3 is 5.97 Å². The zero-order chi connectivity index (χ0) is 32.1. The van der Waals surface area contributed by atoms with Crippen molar-refractivity contribution in [3.63, 3.8) is 0 Å². The summed E-state index contributed by atoms with van der Waals surface area (Å²) in [4.78, 5) is 13.9. The molecule has 2 aliphatic rings. The molecule has 4 heterocycles. The van der Waals surface area contributed by atoms with Crippen molar-refractivity contribution in [2.45, 2.75) is 74.7 Å². The second-order valence-corrected chi connectivity index (χ2v) is 14.7. The maximum Gasteiger partial charge on any atom is 0.352 e. The fourth-order valence-corrected chi connectivity index (χ4v) is 9.17. The van der Waals surface area contributed by atoms with Crippen LogP contribution in [0.1, 0.15) is 69.2 Å². The van der Waals surface area contributed by atoms with E-state index in [-0.39, 0.29) is 0 Å². The lowest BCUT2D eigenvalue weighted by molar-refractivity contribution is 0.0684. The number of benzene rings is 2. The summed E-state index contributed by atoms with van der Waals surface area (Å²) in [5.41, 5.74) is 10.5. The van der Waals surface area contributed by atoms with Crippen LogP contribution >= 0.6 is 35.1 Å². The fraction of sp³-hybridized carbons (Fsp3) is 0.400. The first kappa shape index (κ1) is 31.3. The number of aromatic carboxylic acids is 1. The Morgan fingerprint density at radius 2 is 1.80 bits per heavy atom. The summed E-state index contributed by atoms with van der Waals surface area (Å²) in [5.74, 6) is 2.27. The van der Waals surface area contributed by atoms with Gasteiger partial charge < -0.3 is 14.4 Å². The predicted octanol–water partition coefficient (Wildman–Crippen LogP) is 8.13. The van der Waals surface area contributed by atoms with Crippen LogP contribution in [0.5, 0.6) is 5.75 Å². The molecule has 0 amide bonds. The Labute approximate surface area is 282 Å². The molecule has 2 aromatic carbocycles. The summed E-state index contributed by atoms with van der Waals surface area (Å²) in [6.07, 6.45) is 5.14. The lowest BCUT2D eigenvalue weighted by Crippen LogP contribution is -2.13. The Morgan fingerprint density at radius 1 is 0.978 bits per heavy atom. The number of hydrogen-bond donors (Lipinski definition) is 1. The largest absolute Gasteiger partial charge is 0.493 e. The van der Waals surface area contributed by atoms with Crippen molar-refractivity contribution in [1.29, 1.82) is 0 Å². The highest BCUT2D eigenvalue weighted by Crippen LogP contribution is 2.43. The molecule has 1 N–H and O–H groups in total. The van der Waals surface area contributed by atoms with Crippen molar-refractivity contribution >= 4 is 52.0 Å². The molecule has 11 heteroatoms. The standard InChI is InChI=1S/C35H38ClN5O3S2/c1-20-31-29-11-10-27(36)33(31)32-21(2)39(3)38-28(32)19-45-17-23-15-24(40(4)37-23)18-46-25-14-22-8-5-6-9-26(22)30(16-25)44-13-7-12-41(29)34(20)35(42)43/h10-11,14-16H,5-9,12-13,17-19H2,1-4H3,(H,42,43). The zero-order valence-corrected chi connectivity index (χ0v) is 29.0. The summed E-state index contributed by atoms with van der Waals surface area (Å²) < 4.78 is 12.3. The van der Waals surface area contributed by atoms with E-state index in [1.807, 2.05) is 65.8 Å². The molecule has 46 heavy (non-hydrogen) atoms. The highest BCUT2D eigenvalue weighted by Gasteiger charge is 2.27. The maximum atomic E-state index is 12.7. The molecule has 7 rings (SSSR count). The number of aromatic nitrogens is 5. The fourth-order valence-electron chi connectivity index (χ4n) is 7.07. The molecular weight excluding hydrogens is 638 g/mol. The number of carbonyl (C=O) groups is 1. The topological polar surface area (TPSA) is 87.1 Å². The second kappa shape index (κ2) is 12.7. The average Bonchev–Trinajstić information content (AvgIpc) is 3.63. The van der Waals surface area contributed by atoms with E-state index >= 15 is 0 Å². The van der Waals surface area contributed by atoms with E-state index in [4.69, 9.17) is 26.5 Å². The van der Waals surface area contributed by atoms with E-state index in [2.05, 4.69) is 18.2 Å². The van der Waals surface area contributed by atoms with E-state index < -0.39 is 5.97 Å². The van der Waals surface area contributed by atoms with Gasteiger partial charge in [-0.2, -0.15) is 10.2 Å². The third-order valence-electron chi connectivity index (χ3n) is 9.37. The molecule has 8 nitrogen and oxygen atoms in total. The molecule has 0 spiro atoms. The molecule has 3 aromatic heterocycles. The Bertz CT molecular complexity index is 1990. The van der Waals surface area contributed by atoms with E-state index in [0.29, 0.717) is 41.6 Å². The van der Waals surface area contributed by atoms with Gasteiger partial charge in [-0.15, -0.1) is 23.5 Å². The molecule has 0 saturated heterocycles. The van der Waals surface area contributed by atoms with Crippen molar-refractivity contribution in [1.82, 2.24) is 24.1 Å². The Hall–Kier alpha value is -3.34. The monoisotopic (exact) mass is 675 g/mol. The maximum absolute atomic E-state index is 12.7. The Morgan fingerprint density at radius 3 is 2.63 bits per heavy atom. The van der Waals surface area contributed by atoms with Crippen LogP contribution in [0.3, 0.4) is 0 Å². The molecule has 0 saturated carbocycles. The molecule has 5 aromatic rings. The summed E-state index contributed by atoms with van der Waals surface area (Å²) in [7, 11) is 3.97. The van der Waals surface area contributed by atoms with Crippen LogP contribution < -0.4 is 4.74 Å². The molecular formula is C35H38ClN5O3S2. The number of halogens is 1. The first-order chi connectivity index (χ1) is 22.2. The van der Waals surface area contributed by atoms with Crippen LogP contribution in [0.4, 0.5) is 0 Å². The third kappa shape index (κ3) is 5.62. The minimum absolute atomic E-state index is 0.292. The van der Waals surface area contributed by atoms with Crippen LogP contribution in [-0.4, -0.2) is 41.8 Å². The highest BCUT2D eigenvalue weighted by molar-refractivity contribution is 7.98. The molecule has 1 aliphatic heterocycles. The smallest absolute Gasteiger partial charge is 0.352 e. The number of carboxylic acid groups (broad SMARTS) is 1. The van der Waals surface area contributed by atoms with Crippen LogP contribution in [0, 0.1) is 13.8 Å². The minimum Gasteiger partial charge on any atom is -0.493 e. The van der Waals surface area contributed by atoms with Crippen LogP contribution in [0.15, 0.2) is 35.2 Å². The van der Waals surface area contributed by atoms with Crippen LogP contribution in [0.2, 0.25) is 5.02 Å². The van der Waals surface area contributed by atoms with E-state index in [9.17, 15) is 9.90 Å². The Balaban J connectivity index is 1.34. The first-order valence-electron chi connectivity index (χ1n) is 15.8. The Kier molecular flexibility index (Phi) is 8.63. The van der Waals surface area contributed by atoms with E-state index in [1.165, 1.54) is 34.6 Å². The molecule has 8 bridgehead atoms.